The van der Waals surface area contributed by atoms with E-state index in [1.54, 1.807) is 0 Å². The Hall–Kier alpha value is -1.06. The van der Waals surface area contributed by atoms with Crippen LogP contribution in [0.25, 0.3) is 0 Å². The van der Waals surface area contributed by atoms with E-state index in [2.05, 4.69) is 5.32 Å². The molecule has 0 spiro atoms. The quantitative estimate of drug-likeness (QED) is 0.770. The van der Waals surface area contributed by atoms with Crippen LogP contribution in [0.1, 0.15) is 51.4 Å². The molecule has 1 unspecified atom stereocenters. The molecule has 0 bridgehead atoms. The molecule has 0 heterocycles. The van der Waals surface area contributed by atoms with E-state index in [-0.39, 0.29) is 11.8 Å². The second kappa shape index (κ2) is 5.52. The Morgan fingerprint density at radius 2 is 1.76 bits per heavy atom. The van der Waals surface area contributed by atoms with E-state index in [9.17, 15) is 9.59 Å². The fraction of sp³-hybridized carbons (Fsp3) is 0.846. The zero-order valence-corrected chi connectivity index (χ0v) is 10.2. The van der Waals surface area contributed by atoms with Gasteiger partial charge in [-0.05, 0) is 37.5 Å². The zero-order valence-electron chi connectivity index (χ0n) is 10.2. The normalized spacial score (nSPS) is 23.1. The van der Waals surface area contributed by atoms with Crippen LogP contribution in [0.5, 0.6) is 0 Å². The molecular weight excluding hydrogens is 218 g/mol. The van der Waals surface area contributed by atoms with E-state index in [0.29, 0.717) is 12.3 Å². The Labute approximate surface area is 102 Å². The van der Waals surface area contributed by atoms with Gasteiger partial charge in [0.15, 0.2) is 0 Å². The molecular formula is C13H21NO3. The minimum absolute atomic E-state index is 0.0730. The van der Waals surface area contributed by atoms with Crippen LogP contribution in [0.2, 0.25) is 0 Å². The van der Waals surface area contributed by atoms with Crippen LogP contribution >= 0.6 is 0 Å². The highest BCUT2D eigenvalue weighted by Gasteiger charge is 2.37. The summed E-state index contributed by atoms with van der Waals surface area (Å²) in [6, 6.07) is -0.647. The van der Waals surface area contributed by atoms with Gasteiger partial charge >= 0.3 is 5.97 Å². The molecule has 0 aromatic rings. The number of carbonyl (C=O) groups is 2. The van der Waals surface area contributed by atoms with Crippen LogP contribution < -0.4 is 5.32 Å². The summed E-state index contributed by atoms with van der Waals surface area (Å²) in [7, 11) is 0. The molecule has 96 valence electrons. The molecule has 4 heteroatoms. The van der Waals surface area contributed by atoms with Crippen molar-refractivity contribution in [2.75, 3.05) is 0 Å². The van der Waals surface area contributed by atoms with Gasteiger partial charge in [-0.25, -0.2) is 4.79 Å². The summed E-state index contributed by atoms with van der Waals surface area (Å²) >= 11 is 0. The van der Waals surface area contributed by atoms with E-state index in [1.165, 1.54) is 19.3 Å². The number of carbonyl (C=O) groups excluding carboxylic acids is 1. The van der Waals surface area contributed by atoms with Gasteiger partial charge in [0.25, 0.3) is 0 Å². The van der Waals surface area contributed by atoms with Gasteiger partial charge < -0.3 is 10.4 Å². The molecule has 4 nitrogen and oxygen atoms in total. The summed E-state index contributed by atoms with van der Waals surface area (Å²) in [5.41, 5.74) is 0. The van der Waals surface area contributed by atoms with Crippen LogP contribution in [0, 0.1) is 11.8 Å². The monoisotopic (exact) mass is 239 g/mol. The van der Waals surface area contributed by atoms with E-state index in [4.69, 9.17) is 5.11 Å². The van der Waals surface area contributed by atoms with Gasteiger partial charge in [-0.2, -0.15) is 0 Å². The topological polar surface area (TPSA) is 66.4 Å². The molecule has 0 aromatic heterocycles. The van der Waals surface area contributed by atoms with Gasteiger partial charge in [0.1, 0.15) is 6.04 Å². The maximum Gasteiger partial charge on any atom is 0.326 e. The van der Waals surface area contributed by atoms with Crippen molar-refractivity contribution in [1.29, 1.82) is 0 Å². The second-order valence-corrected chi connectivity index (χ2v) is 5.43. The Balaban J connectivity index is 1.76. The summed E-state index contributed by atoms with van der Waals surface area (Å²) < 4.78 is 0. The van der Waals surface area contributed by atoms with Crippen LogP contribution in [-0.2, 0) is 9.59 Å². The summed E-state index contributed by atoms with van der Waals surface area (Å²) in [4.78, 5) is 22.8. The second-order valence-electron chi connectivity index (χ2n) is 5.43. The van der Waals surface area contributed by atoms with Gasteiger partial charge in [0, 0.05) is 6.42 Å². The highest BCUT2D eigenvalue weighted by Crippen LogP contribution is 2.33. The molecule has 0 aromatic carbocycles. The predicted molar refractivity (Wildman–Crippen MR) is 63.5 cm³/mol. The SMILES string of the molecule is O=C(CC1CCCCC1)NC(C(=O)O)C1CC1. The smallest absolute Gasteiger partial charge is 0.326 e. The predicted octanol–water partition coefficient (Wildman–Crippen LogP) is 1.94. The zero-order chi connectivity index (χ0) is 12.3. The van der Waals surface area contributed by atoms with Crippen molar-refractivity contribution in [3.05, 3.63) is 0 Å². The third kappa shape index (κ3) is 3.72. The van der Waals surface area contributed by atoms with Crippen molar-refractivity contribution in [2.45, 2.75) is 57.4 Å². The Morgan fingerprint density at radius 3 is 2.29 bits per heavy atom. The molecule has 2 saturated carbocycles. The average molecular weight is 239 g/mol. The van der Waals surface area contributed by atoms with Gasteiger partial charge in [0.2, 0.25) is 5.91 Å². The van der Waals surface area contributed by atoms with E-state index in [1.807, 2.05) is 0 Å². The van der Waals surface area contributed by atoms with Gasteiger partial charge in [0.05, 0.1) is 0 Å². The largest absolute Gasteiger partial charge is 0.480 e. The van der Waals surface area contributed by atoms with Gasteiger partial charge in [-0.1, -0.05) is 19.3 Å². The summed E-state index contributed by atoms with van der Waals surface area (Å²) in [5.74, 6) is -0.319. The molecule has 2 rings (SSSR count). The molecule has 0 radical (unpaired) electrons. The molecule has 2 aliphatic rings. The Morgan fingerprint density at radius 1 is 1.12 bits per heavy atom. The van der Waals surface area contributed by atoms with Crippen LogP contribution in [0.4, 0.5) is 0 Å². The first-order chi connectivity index (χ1) is 8.16. The molecule has 0 saturated heterocycles. The molecule has 17 heavy (non-hydrogen) atoms. The fourth-order valence-corrected chi connectivity index (χ4v) is 2.70. The maximum atomic E-state index is 11.8. The van der Waals surface area contributed by atoms with E-state index >= 15 is 0 Å². The van der Waals surface area contributed by atoms with Crippen LogP contribution in [0.15, 0.2) is 0 Å². The third-order valence-corrected chi connectivity index (χ3v) is 3.87. The number of nitrogens with one attached hydrogen (secondary N) is 1. The molecule has 1 atom stereocenters. The maximum absolute atomic E-state index is 11.8. The van der Waals surface area contributed by atoms with Crippen molar-refractivity contribution in [3.63, 3.8) is 0 Å². The van der Waals surface area contributed by atoms with E-state index in [0.717, 1.165) is 25.7 Å². The first-order valence-corrected chi connectivity index (χ1v) is 6.69. The lowest BCUT2D eigenvalue weighted by Crippen LogP contribution is -2.43. The average Bonchev–Trinajstić information content (AvgIpc) is 3.11. The van der Waals surface area contributed by atoms with E-state index < -0.39 is 12.0 Å². The van der Waals surface area contributed by atoms with Crippen molar-refractivity contribution < 1.29 is 14.7 Å². The highest BCUT2D eigenvalue weighted by molar-refractivity contribution is 5.84. The molecule has 1 amide bonds. The summed E-state index contributed by atoms with van der Waals surface area (Å²) in [5, 5.41) is 11.7. The highest BCUT2D eigenvalue weighted by atomic mass is 16.4. The molecule has 0 aliphatic heterocycles. The van der Waals surface area contributed by atoms with Crippen LogP contribution in [0.3, 0.4) is 0 Å². The molecule has 2 aliphatic carbocycles. The van der Waals surface area contributed by atoms with Crippen molar-refractivity contribution in [1.82, 2.24) is 5.32 Å². The number of amides is 1. The summed E-state index contributed by atoms with van der Waals surface area (Å²) in [6.07, 6.45) is 8.31. The summed E-state index contributed by atoms with van der Waals surface area (Å²) in [6.45, 7) is 0. The Kier molecular flexibility index (Phi) is 4.02. The fourth-order valence-electron chi connectivity index (χ4n) is 2.70. The minimum atomic E-state index is -0.885. The first kappa shape index (κ1) is 12.4. The minimum Gasteiger partial charge on any atom is -0.480 e. The Bertz CT molecular complexity index is 293. The van der Waals surface area contributed by atoms with Crippen LogP contribution in [-0.4, -0.2) is 23.0 Å². The molecule has 2 fully saturated rings. The third-order valence-electron chi connectivity index (χ3n) is 3.87. The van der Waals surface area contributed by atoms with Crippen molar-refractivity contribution >= 4 is 11.9 Å². The molecule has 2 N–H and O–H groups in total. The number of carboxylic acid groups (broad SMARTS) is 1. The van der Waals surface area contributed by atoms with Gasteiger partial charge in [-0.3, -0.25) is 4.79 Å². The first-order valence-electron chi connectivity index (χ1n) is 6.69. The van der Waals surface area contributed by atoms with Crippen molar-refractivity contribution in [3.8, 4) is 0 Å². The number of carboxylic acids is 1. The lowest BCUT2D eigenvalue weighted by atomic mass is 9.87. The number of aliphatic carboxylic acids is 1. The van der Waals surface area contributed by atoms with Gasteiger partial charge in [-0.15, -0.1) is 0 Å². The number of hydrogen-bond donors (Lipinski definition) is 2. The number of rotatable bonds is 5. The number of hydrogen-bond acceptors (Lipinski definition) is 2. The van der Waals surface area contributed by atoms with Crippen molar-refractivity contribution in [2.24, 2.45) is 11.8 Å². The lowest BCUT2D eigenvalue weighted by Gasteiger charge is -2.22. The lowest BCUT2D eigenvalue weighted by molar-refractivity contribution is -0.142. The standard InChI is InChI=1S/C13H21NO3/c15-11(8-9-4-2-1-3-5-9)14-12(13(16)17)10-6-7-10/h9-10,12H,1-8H2,(H,14,15)(H,16,17).